The van der Waals surface area contributed by atoms with E-state index in [4.69, 9.17) is 27.6 Å². The number of fused-ring (bicyclic) bond motifs is 18. The first-order valence-electron chi connectivity index (χ1n) is 32.9. The van der Waals surface area contributed by atoms with E-state index in [-0.39, 0.29) is 10.8 Å². The molecule has 0 saturated carbocycles. The van der Waals surface area contributed by atoms with E-state index in [0.717, 1.165) is 139 Å². The van der Waals surface area contributed by atoms with Crippen LogP contribution < -0.4 is 9.80 Å². The minimum Gasteiger partial charge on any atom is -0.456 e. The van der Waals surface area contributed by atoms with E-state index in [1.807, 2.05) is 84.9 Å². The Balaban J connectivity index is 0.673. The van der Waals surface area contributed by atoms with Crippen LogP contribution in [0.2, 0.25) is 0 Å². The Morgan fingerprint density at radius 3 is 1.41 bits per heavy atom. The van der Waals surface area contributed by atoms with Gasteiger partial charge in [0.1, 0.15) is 33.4 Å². The van der Waals surface area contributed by atoms with Crippen molar-refractivity contribution >= 4 is 122 Å². The second-order valence-electron chi connectivity index (χ2n) is 26.7. The van der Waals surface area contributed by atoms with Crippen molar-refractivity contribution in [3.63, 3.8) is 0 Å². The highest BCUT2D eigenvalue weighted by Gasteiger charge is 2.42. The molecular formula is C88H58N4O4. The highest BCUT2D eigenvalue weighted by molar-refractivity contribution is 6.10. The molecule has 0 radical (unpaired) electrons. The molecule has 1 atom stereocenters. The molecule has 20 rings (SSSR count). The van der Waals surface area contributed by atoms with Gasteiger partial charge in [-0.3, -0.25) is 0 Å². The Morgan fingerprint density at radius 1 is 0.302 bits per heavy atom. The van der Waals surface area contributed by atoms with Crippen molar-refractivity contribution < 1.29 is 17.7 Å². The van der Waals surface area contributed by atoms with Gasteiger partial charge in [0.2, 0.25) is 11.8 Å². The average molecular weight is 1240 g/mol. The summed E-state index contributed by atoms with van der Waals surface area (Å²) in [6.45, 7) is 7.23. The number of anilines is 6. The molecule has 0 saturated heterocycles. The van der Waals surface area contributed by atoms with Crippen LogP contribution in [0.5, 0.6) is 0 Å². The first kappa shape index (κ1) is 54.3. The first-order chi connectivity index (χ1) is 47.1. The van der Waals surface area contributed by atoms with E-state index in [0.29, 0.717) is 11.8 Å². The summed E-state index contributed by atoms with van der Waals surface area (Å²) in [5, 5.41) is 8.48. The molecule has 0 bridgehead atoms. The first-order valence-corrected chi connectivity index (χ1v) is 32.9. The SMILES string of the molecule is CC1(C)c2ccc(N(c3ccc4c(ccc5nc(-c6ccccc6)oc54)c3)c3ccc4oc5ccccc5c4c3)cc2-c2ccc(CC3(C)c4ccccc4-c4cc(N(c5ccc6c(ccc7nc(-c8ccccc8)oc76)c5)c5ccc6c(c5)oc5ccccc56)ccc43)cc21. The van der Waals surface area contributed by atoms with Crippen molar-refractivity contribution in [3.05, 3.63) is 313 Å². The molecule has 2 aliphatic carbocycles. The lowest BCUT2D eigenvalue weighted by atomic mass is 9.74. The van der Waals surface area contributed by atoms with Gasteiger partial charge >= 0.3 is 0 Å². The number of benzene rings is 14. The molecule has 8 nitrogen and oxygen atoms in total. The van der Waals surface area contributed by atoms with Gasteiger partial charge in [-0.25, -0.2) is 9.97 Å². The van der Waals surface area contributed by atoms with Gasteiger partial charge in [0.05, 0.1) is 0 Å². The van der Waals surface area contributed by atoms with Crippen LogP contribution in [0.25, 0.3) is 133 Å². The Morgan fingerprint density at radius 2 is 0.760 bits per heavy atom. The maximum Gasteiger partial charge on any atom is 0.227 e. The van der Waals surface area contributed by atoms with Gasteiger partial charge in [-0.1, -0.05) is 160 Å². The number of para-hydroxylation sites is 2. The summed E-state index contributed by atoms with van der Waals surface area (Å²) in [7, 11) is 0. The number of nitrogens with zero attached hydrogens (tertiary/aromatic N) is 4. The lowest BCUT2D eigenvalue weighted by Crippen LogP contribution is -2.24. The third-order valence-corrected chi connectivity index (χ3v) is 20.7. The molecular weight excluding hydrogens is 1180 g/mol. The summed E-state index contributed by atoms with van der Waals surface area (Å²) in [6.07, 6.45) is 0.815. The number of aromatic nitrogens is 2. The fraction of sp³-hybridized carbons (Fsp3) is 0.0682. The zero-order valence-electron chi connectivity index (χ0n) is 52.8. The van der Waals surface area contributed by atoms with Crippen LogP contribution in [0.15, 0.2) is 303 Å². The lowest BCUT2D eigenvalue weighted by molar-refractivity contribution is 0.581. The molecule has 0 fully saturated rings. The predicted octanol–water partition coefficient (Wildman–Crippen LogP) is 24.2. The molecule has 4 aromatic heterocycles. The van der Waals surface area contributed by atoms with E-state index >= 15 is 0 Å². The number of hydrogen-bond acceptors (Lipinski definition) is 8. The average Bonchev–Trinajstić information content (AvgIpc) is 1.55. The molecule has 0 spiro atoms. The van der Waals surface area contributed by atoms with Gasteiger partial charge in [-0.05, 0) is 207 Å². The van der Waals surface area contributed by atoms with Gasteiger partial charge in [0, 0.05) is 94.5 Å². The number of rotatable bonds is 10. The maximum atomic E-state index is 6.58. The van der Waals surface area contributed by atoms with Crippen LogP contribution in [-0.2, 0) is 17.3 Å². The summed E-state index contributed by atoms with van der Waals surface area (Å²) in [5.74, 6) is 1.22. The van der Waals surface area contributed by atoms with Crippen molar-refractivity contribution in [2.24, 2.45) is 0 Å². The van der Waals surface area contributed by atoms with Gasteiger partial charge < -0.3 is 27.5 Å². The molecule has 0 N–H and O–H groups in total. The molecule has 2 aliphatic rings. The second-order valence-corrected chi connectivity index (χ2v) is 26.7. The number of hydrogen-bond donors (Lipinski definition) is 0. The molecule has 8 heteroatoms. The molecule has 0 aliphatic heterocycles. The fourth-order valence-corrected chi connectivity index (χ4v) is 16.0. The third-order valence-electron chi connectivity index (χ3n) is 20.7. The lowest BCUT2D eigenvalue weighted by Gasteiger charge is -2.30. The van der Waals surface area contributed by atoms with Crippen LogP contribution in [-0.4, -0.2) is 9.97 Å². The van der Waals surface area contributed by atoms with Gasteiger partial charge in [0.15, 0.2) is 11.2 Å². The zero-order valence-corrected chi connectivity index (χ0v) is 52.8. The number of furan rings is 2. The summed E-state index contributed by atoms with van der Waals surface area (Å²) in [4.78, 5) is 14.6. The second kappa shape index (κ2) is 20.4. The molecule has 96 heavy (non-hydrogen) atoms. The summed E-state index contributed by atoms with van der Waals surface area (Å²) in [6, 6.07) is 102. The summed E-state index contributed by atoms with van der Waals surface area (Å²) >= 11 is 0. The summed E-state index contributed by atoms with van der Waals surface area (Å²) < 4.78 is 26.1. The zero-order chi connectivity index (χ0) is 63.5. The van der Waals surface area contributed by atoms with Crippen molar-refractivity contribution in [3.8, 4) is 45.2 Å². The Hall–Kier alpha value is -12.3. The van der Waals surface area contributed by atoms with Crippen LogP contribution in [0.4, 0.5) is 34.1 Å². The Labute approximate surface area is 552 Å². The quantitative estimate of drug-likeness (QED) is 0.134. The van der Waals surface area contributed by atoms with Crippen molar-refractivity contribution in [2.75, 3.05) is 9.80 Å². The highest BCUT2D eigenvalue weighted by Crippen LogP contribution is 2.56. The van der Waals surface area contributed by atoms with Crippen molar-refractivity contribution in [2.45, 2.75) is 38.0 Å². The minimum atomic E-state index is -0.339. The van der Waals surface area contributed by atoms with E-state index in [2.05, 4.69) is 231 Å². The normalized spacial score (nSPS) is 14.6. The predicted molar refractivity (Wildman–Crippen MR) is 391 cm³/mol. The standard InChI is InChI=1S/C88H58N4O4/c1-87(2)73-39-32-59(91(61-34-43-81-72(49-61)68-22-12-15-25-80(68)93-81)57-29-36-63-55(45-57)27-41-77-83(63)95-85(89-77)53-16-6-4-7-17-53)47-70(73)66-35-26-52(44-76(66)87)51-88(3)74-23-13-10-20-65(74)71-48-60(33-40-75(71)88)92(62-31-38-69-67-21-11-14-24-79(67)94-82(69)50-62)58-30-37-64-56(46-58)28-42-78-84(64)96-86(90-78)54-18-8-5-9-19-54/h4-50H,51H2,1-3H3. The smallest absolute Gasteiger partial charge is 0.227 e. The van der Waals surface area contributed by atoms with Crippen LogP contribution >= 0.6 is 0 Å². The van der Waals surface area contributed by atoms with Crippen molar-refractivity contribution in [1.29, 1.82) is 0 Å². The fourth-order valence-electron chi connectivity index (χ4n) is 16.0. The van der Waals surface area contributed by atoms with Crippen molar-refractivity contribution in [1.82, 2.24) is 9.97 Å². The van der Waals surface area contributed by atoms with Gasteiger partial charge in [-0.2, -0.15) is 0 Å². The van der Waals surface area contributed by atoms with Crippen LogP contribution in [0.3, 0.4) is 0 Å². The molecule has 18 aromatic rings. The van der Waals surface area contributed by atoms with Crippen LogP contribution in [0.1, 0.15) is 48.6 Å². The highest BCUT2D eigenvalue weighted by atomic mass is 16.4. The largest absolute Gasteiger partial charge is 0.456 e. The van der Waals surface area contributed by atoms with E-state index in [9.17, 15) is 0 Å². The monoisotopic (exact) mass is 1230 g/mol. The van der Waals surface area contributed by atoms with E-state index < -0.39 is 0 Å². The molecule has 0 amide bonds. The maximum absolute atomic E-state index is 6.58. The molecule has 1 unspecified atom stereocenters. The van der Waals surface area contributed by atoms with E-state index in [1.165, 1.54) is 50.1 Å². The number of oxazole rings is 2. The minimum absolute atomic E-state index is 0.270. The Kier molecular flexibility index (Phi) is 11.5. The summed E-state index contributed by atoms with van der Waals surface area (Å²) in [5.41, 5.74) is 25.7. The topological polar surface area (TPSA) is 84.8 Å². The third kappa shape index (κ3) is 8.21. The molecule has 454 valence electrons. The Bertz CT molecular complexity index is 6270. The van der Waals surface area contributed by atoms with Gasteiger partial charge in [0.25, 0.3) is 0 Å². The molecule has 4 heterocycles. The van der Waals surface area contributed by atoms with Gasteiger partial charge in [-0.15, -0.1) is 0 Å². The van der Waals surface area contributed by atoms with E-state index in [1.54, 1.807) is 0 Å². The molecule has 14 aromatic carbocycles. The van der Waals surface area contributed by atoms with Crippen LogP contribution in [0, 0.1) is 0 Å².